The van der Waals surface area contributed by atoms with Crippen molar-refractivity contribution in [3.63, 3.8) is 0 Å². The fourth-order valence-corrected chi connectivity index (χ4v) is 4.27. The fourth-order valence-electron chi connectivity index (χ4n) is 3.26. The van der Waals surface area contributed by atoms with Crippen molar-refractivity contribution in [2.45, 2.75) is 30.3 Å². The number of aromatic nitrogens is 3. The predicted molar refractivity (Wildman–Crippen MR) is 118 cm³/mol. The lowest BCUT2D eigenvalue weighted by molar-refractivity contribution is -0.119. The van der Waals surface area contributed by atoms with Crippen molar-refractivity contribution in [3.8, 4) is 0 Å². The Morgan fingerprint density at radius 1 is 1.06 bits per heavy atom. The maximum Gasteiger partial charge on any atom is 0.247 e. The quantitative estimate of drug-likeness (QED) is 0.382. The van der Waals surface area contributed by atoms with Crippen LogP contribution in [0.4, 0.5) is 14.5 Å². The number of imidazole rings is 1. The number of rotatable bonds is 7. The molecular weight excluding hydrogens is 418 g/mol. The Bertz CT molecular complexity index is 1190. The number of fused-ring (bicyclic) bond motifs is 1. The third kappa shape index (κ3) is 4.74. The van der Waals surface area contributed by atoms with Crippen molar-refractivity contribution >= 4 is 34.5 Å². The van der Waals surface area contributed by atoms with Gasteiger partial charge in [0.25, 0.3) is 0 Å². The number of nitrogens with zero attached hydrogens (tertiary/aromatic N) is 3. The second-order valence-corrected chi connectivity index (χ2v) is 7.89. The molecule has 0 radical (unpaired) electrons. The highest BCUT2D eigenvalue weighted by Crippen LogP contribution is 2.31. The Morgan fingerprint density at radius 3 is 2.42 bits per heavy atom. The van der Waals surface area contributed by atoms with Gasteiger partial charge in [0.1, 0.15) is 23.2 Å². The summed E-state index contributed by atoms with van der Waals surface area (Å²) in [5.74, 6) is -0.315. The summed E-state index contributed by atoms with van der Waals surface area (Å²) in [5.41, 5.74) is 2.77. The van der Waals surface area contributed by atoms with Crippen molar-refractivity contribution in [2.75, 3.05) is 5.32 Å². The molecule has 4 rings (SSSR count). The van der Waals surface area contributed by atoms with Gasteiger partial charge in [0.05, 0.1) is 0 Å². The Labute approximate surface area is 182 Å². The van der Waals surface area contributed by atoms with Gasteiger partial charge in [-0.05, 0) is 60.5 Å². The third-order valence-corrected chi connectivity index (χ3v) is 5.83. The fraction of sp³-hybridized carbons (Fsp3) is 0.174. The van der Waals surface area contributed by atoms with Crippen LogP contribution in [0, 0.1) is 11.6 Å². The molecule has 0 saturated heterocycles. The van der Waals surface area contributed by atoms with Crippen LogP contribution >= 0.6 is 11.8 Å². The minimum Gasteiger partial charge on any atom is -0.324 e. The molecule has 0 saturated carbocycles. The third-order valence-electron chi connectivity index (χ3n) is 4.81. The molecule has 0 spiro atoms. The molecule has 1 amide bonds. The molecule has 2 aromatic heterocycles. The van der Waals surface area contributed by atoms with Gasteiger partial charge in [0, 0.05) is 17.6 Å². The van der Waals surface area contributed by atoms with E-state index in [0.29, 0.717) is 34.2 Å². The summed E-state index contributed by atoms with van der Waals surface area (Å²) in [7, 11) is 0. The van der Waals surface area contributed by atoms with E-state index in [4.69, 9.17) is 0 Å². The average Bonchev–Trinajstić information content (AvgIpc) is 3.14. The molecule has 31 heavy (non-hydrogen) atoms. The number of halogens is 2. The summed E-state index contributed by atoms with van der Waals surface area (Å²) >= 11 is 1.46. The lowest BCUT2D eigenvalue weighted by atomic mass is 10.2. The summed E-state index contributed by atoms with van der Waals surface area (Å²) in [6, 6.07) is 15.0. The van der Waals surface area contributed by atoms with Gasteiger partial charge < -0.3 is 5.32 Å². The van der Waals surface area contributed by atoms with Gasteiger partial charge in [-0.2, -0.15) is 0 Å². The number of pyridine rings is 1. The first-order chi connectivity index (χ1) is 15.0. The van der Waals surface area contributed by atoms with Crippen LogP contribution in [-0.2, 0) is 10.5 Å². The minimum atomic E-state index is -0.555. The Balaban J connectivity index is 1.64. The van der Waals surface area contributed by atoms with Crippen LogP contribution in [-0.4, -0.2) is 20.4 Å². The van der Waals surface area contributed by atoms with Crippen LogP contribution in [0.1, 0.15) is 24.9 Å². The van der Waals surface area contributed by atoms with Crippen LogP contribution < -0.4 is 5.32 Å². The normalized spacial score (nSPS) is 12.1. The molecule has 1 atom stereocenters. The van der Waals surface area contributed by atoms with Crippen LogP contribution in [0.2, 0.25) is 0 Å². The van der Waals surface area contributed by atoms with Gasteiger partial charge in [-0.25, -0.2) is 18.7 Å². The van der Waals surface area contributed by atoms with Crippen LogP contribution in [0.25, 0.3) is 11.2 Å². The number of carbonyl (C=O) groups is 1. The SMILES string of the molecule is CC[C@@H](C(=O)Nc1ccc(F)cc1)n1c(SCc2ccc(F)cc2)nc2cccnc21. The van der Waals surface area contributed by atoms with Gasteiger partial charge in [-0.3, -0.25) is 9.36 Å². The second kappa shape index (κ2) is 9.26. The number of thioether (sulfide) groups is 1. The van der Waals surface area contributed by atoms with E-state index in [1.165, 1.54) is 48.2 Å². The number of anilines is 1. The number of hydrogen-bond acceptors (Lipinski definition) is 4. The monoisotopic (exact) mass is 438 g/mol. The predicted octanol–water partition coefficient (Wildman–Crippen LogP) is 5.59. The second-order valence-electron chi connectivity index (χ2n) is 6.95. The molecule has 158 valence electrons. The molecule has 0 fully saturated rings. The molecule has 2 heterocycles. The van der Waals surface area contributed by atoms with Crippen molar-refractivity contribution in [1.29, 1.82) is 0 Å². The largest absolute Gasteiger partial charge is 0.324 e. The lowest BCUT2D eigenvalue weighted by Gasteiger charge is -2.19. The van der Waals surface area contributed by atoms with E-state index in [1.807, 2.05) is 17.6 Å². The van der Waals surface area contributed by atoms with E-state index in [1.54, 1.807) is 24.4 Å². The first kappa shape index (κ1) is 21.0. The topological polar surface area (TPSA) is 59.8 Å². The van der Waals surface area contributed by atoms with Crippen molar-refractivity contribution in [3.05, 3.63) is 84.1 Å². The van der Waals surface area contributed by atoms with E-state index < -0.39 is 6.04 Å². The average molecular weight is 439 g/mol. The zero-order valence-electron chi connectivity index (χ0n) is 16.8. The van der Waals surface area contributed by atoms with E-state index in [0.717, 1.165) is 5.56 Å². The highest BCUT2D eigenvalue weighted by Gasteiger charge is 2.25. The van der Waals surface area contributed by atoms with E-state index >= 15 is 0 Å². The van der Waals surface area contributed by atoms with Crippen LogP contribution in [0.3, 0.4) is 0 Å². The number of carbonyl (C=O) groups excluding carboxylic acids is 1. The number of nitrogens with one attached hydrogen (secondary N) is 1. The maximum absolute atomic E-state index is 13.2. The van der Waals surface area contributed by atoms with Gasteiger partial charge in [-0.1, -0.05) is 30.8 Å². The molecule has 0 bridgehead atoms. The lowest BCUT2D eigenvalue weighted by Crippen LogP contribution is -2.26. The van der Waals surface area contributed by atoms with Gasteiger partial charge in [0.15, 0.2) is 10.8 Å². The molecule has 2 aromatic carbocycles. The molecule has 1 N–H and O–H groups in total. The van der Waals surface area contributed by atoms with Gasteiger partial charge >= 0.3 is 0 Å². The zero-order valence-corrected chi connectivity index (χ0v) is 17.6. The Hall–Kier alpha value is -3.26. The molecule has 0 aliphatic rings. The number of benzene rings is 2. The van der Waals surface area contributed by atoms with Crippen LogP contribution in [0.15, 0.2) is 72.0 Å². The van der Waals surface area contributed by atoms with E-state index in [2.05, 4.69) is 15.3 Å². The highest BCUT2D eigenvalue weighted by atomic mass is 32.2. The summed E-state index contributed by atoms with van der Waals surface area (Å²) in [6.07, 6.45) is 2.18. The molecular formula is C23H20F2N4OS. The molecule has 5 nitrogen and oxygen atoms in total. The molecule has 4 aromatic rings. The summed E-state index contributed by atoms with van der Waals surface area (Å²) in [6.45, 7) is 1.91. The Kier molecular flexibility index (Phi) is 6.27. The first-order valence-corrected chi connectivity index (χ1v) is 10.8. The smallest absolute Gasteiger partial charge is 0.247 e. The molecule has 0 unspecified atom stereocenters. The highest BCUT2D eigenvalue weighted by molar-refractivity contribution is 7.98. The van der Waals surface area contributed by atoms with E-state index in [9.17, 15) is 13.6 Å². The standard InChI is InChI=1S/C23H20F2N4OS/c1-2-20(22(30)27-18-11-9-17(25)10-12-18)29-21-19(4-3-13-26-21)28-23(29)31-14-15-5-7-16(24)8-6-15/h3-13,20H,2,14H2,1H3,(H,27,30)/t20-/m0/s1. The van der Waals surface area contributed by atoms with Crippen molar-refractivity contribution < 1.29 is 13.6 Å². The molecule has 8 heteroatoms. The summed E-state index contributed by atoms with van der Waals surface area (Å²) in [5, 5.41) is 3.50. The summed E-state index contributed by atoms with van der Waals surface area (Å²) < 4.78 is 28.2. The van der Waals surface area contributed by atoms with Crippen LogP contribution in [0.5, 0.6) is 0 Å². The Morgan fingerprint density at radius 2 is 1.74 bits per heavy atom. The van der Waals surface area contributed by atoms with Crippen molar-refractivity contribution in [1.82, 2.24) is 14.5 Å². The molecule has 0 aliphatic carbocycles. The van der Waals surface area contributed by atoms with Crippen molar-refractivity contribution in [2.24, 2.45) is 0 Å². The maximum atomic E-state index is 13.2. The van der Waals surface area contributed by atoms with Gasteiger partial charge in [-0.15, -0.1) is 0 Å². The summed E-state index contributed by atoms with van der Waals surface area (Å²) in [4.78, 5) is 22.2. The minimum absolute atomic E-state index is 0.234. The molecule has 0 aliphatic heterocycles. The number of hydrogen-bond donors (Lipinski definition) is 1. The number of amides is 1. The van der Waals surface area contributed by atoms with Gasteiger partial charge in [0.2, 0.25) is 5.91 Å². The first-order valence-electron chi connectivity index (χ1n) is 9.81. The zero-order chi connectivity index (χ0) is 21.8. The van der Waals surface area contributed by atoms with E-state index in [-0.39, 0.29) is 17.5 Å².